The van der Waals surface area contributed by atoms with Crippen molar-refractivity contribution < 1.29 is 4.79 Å². The number of hydrogen-bond donors (Lipinski definition) is 1. The lowest BCUT2D eigenvalue weighted by molar-refractivity contribution is 0.101. The molecule has 0 amide bonds. The van der Waals surface area contributed by atoms with Gasteiger partial charge in [0, 0.05) is 5.54 Å². The van der Waals surface area contributed by atoms with E-state index in [1.165, 1.54) is 13.3 Å². The fourth-order valence-electron chi connectivity index (χ4n) is 2.64. The minimum absolute atomic E-state index is 0.0219. The topological polar surface area (TPSA) is 73.8 Å². The third-order valence-electron chi connectivity index (χ3n) is 3.89. The van der Waals surface area contributed by atoms with Crippen LogP contribution in [0.25, 0.3) is 11.0 Å². The first kappa shape index (κ1) is 12.7. The van der Waals surface area contributed by atoms with E-state index in [2.05, 4.69) is 33.3 Å². The quantitative estimate of drug-likeness (QED) is 0.668. The molecule has 2 N–H and O–H groups in total. The number of aromatic nitrogens is 3. The molecular weight excluding hydrogens is 252 g/mol. The Balaban J connectivity index is 2.53. The Hall–Kier alpha value is -2.35. The molecule has 5 nitrogen and oxygen atoms in total. The van der Waals surface area contributed by atoms with Gasteiger partial charge in [0.05, 0.1) is 10.9 Å². The first-order valence-corrected chi connectivity index (χ1v) is 6.58. The number of rotatable bonds is 2. The number of carbonyl (C=O) groups excluding carboxylic acids is 1. The second-order valence-corrected chi connectivity index (χ2v) is 5.44. The number of nitrogens with zero attached hydrogens (tertiary/aromatic N) is 3. The van der Waals surface area contributed by atoms with Gasteiger partial charge in [0.25, 0.3) is 0 Å². The molecule has 2 aromatic rings. The van der Waals surface area contributed by atoms with Crippen molar-refractivity contribution in [2.75, 3.05) is 5.73 Å². The maximum Gasteiger partial charge on any atom is 0.163 e. The van der Waals surface area contributed by atoms with E-state index in [0.29, 0.717) is 28.1 Å². The van der Waals surface area contributed by atoms with Gasteiger partial charge in [-0.15, -0.1) is 0 Å². The third-order valence-corrected chi connectivity index (χ3v) is 3.89. The highest BCUT2D eigenvalue weighted by atomic mass is 16.1. The predicted octanol–water partition coefficient (Wildman–Crippen LogP) is 2.10. The second kappa shape index (κ2) is 4.07. The van der Waals surface area contributed by atoms with E-state index in [0.717, 1.165) is 12.8 Å². The predicted molar refractivity (Wildman–Crippen MR) is 77.4 cm³/mol. The number of nitrogen functional groups attached to an aromatic ring is 1. The van der Waals surface area contributed by atoms with Crippen LogP contribution in [0, 0.1) is 11.8 Å². The van der Waals surface area contributed by atoms with Gasteiger partial charge in [0.15, 0.2) is 5.78 Å². The van der Waals surface area contributed by atoms with Crippen molar-refractivity contribution in [2.45, 2.75) is 39.2 Å². The van der Waals surface area contributed by atoms with Crippen LogP contribution in [0.1, 0.15) is 49.7 Å². The smallest absolute Gasteiger partial charge is 0.163 e. The SMILES string of the molecule is CC#Cc1c(C(C)=O)c2c(N)ncnc2n1C1(C)CC1. The van der Waals surface area contributed by atoms with E-state index in [1.54, 1.807) is 6.92 Å². The minimum atomic E-state index is -0.0581. The molecular formula is C15H16N4O. The summed E-state index contributed by atoms with van der Waals surface area (Å²) in [5.41, 5.74) is 7.91. The molecule has 0 spiro atoms. The molecule has 0 aliphatic heterocycles. The number of fused-ring (bicyclic) bond motifs is 1. The van der Waals surface area contributed by atoms with Crippen molar-refractivity contribution in [3.05, 3.63) is 17.6 Å². The zero-order chi connectivity index (χ0) is 14.5. The lowest BCUT2D eigenvalue weighted by Gasteiger charge is -2.14. The van der Waals surface area contributed by atoms with Crippen LogP contribution in [0.2, 0.25) is 0 Å². The molecule has 20 heavy (non-hydrogen) atoms. The van der Waals surface area contributed by atoms with E-state index in [9.17, 15) is 4.79 Å². The van der Waals surface area contributed by atoms with Crippen LogP contribution in [0.4, 0.5) is 5.82 Å². The molecule has 1 aliphatic rings. The molecule has 0 radical (unpaired) electrons. The highest BCUT2D eigenvalue weighted by molar-refractivity contribution is 6.11. The highest BCUT2D eigenvalue weighted by Gasteiger charge is 2.43. The van der Waals surface area contributed by atoms with Crippen molar-refractivity contribution >= 4 is 22.6 Å². The Morgan fingerprint density at radius 2 is 2.15 bits per heavy atom. The molecule has 0 aromatic carbocycles. The molecule has 0 bridgehead atoms. The molecule has 2 aromatic heterocycles. The summed E-state index contributed by atoms with van der Waals surface area (Å²) in [7, 11) is 0. The second-order valence-electron chi connectivity index (χ2n) is 5.44. The number of anilines is 1. The Kier molecular flexibility index (Phi) is 2.58. The van der Waals surface area contributed by atoms with Crippen molar-refractivity contribution in [1.82, 2.24) is 14.5 Å². The Bertz CT molecular complexity index is 788. The zero-order valence-electron chi connectivity index (χ0n) is 11.8. The summed E-state index contributed by atoms with van der Waals surface area (Å²) in [5.74, 6) is 6.22. The first-order valence-electron chi connectivity index (χ1n) is 6.58. The van der Waals surface area contributed by atoms with E-state index >= 15 is 0 Å². The molecule has 0 atom stereocenters. The average molecular weight is 268 g/mol. The monoisotopic (exact) mass is 268 g/mol. The summed E-state index contributed by atoms with van der Waals surface area (Å²) in [6, 6.07) is 0. The van der Waals surface area contributed by atoms with Gasteiger partial charge in [-0.2, -0.15) is 0 Å². The fourth-order valence-corrected chi connectivity index (χ4v) is 2.64. The first-order chi connectivity index (χ1) is 9.49. The average Bonchev–Trinajstić information content (AvgIpc) is 3.01. The third kappa shape index (κ3) is 1.61. The summed E-state index contributed by atoms with van der Waals surface area (Å²) in [6.07, 6.45) is 3.54. The van der Waals surface area contributed by atoms with Crippen molar-refractivity contribution in [3.63, 3.8) is 0 Å². The molecule has 1 fully saturated rings. The normalized spacial score (nSPS) is 15.8. The molecule has 2 heterocycles. The van der Waals surface area contributed by atoms with Crippen LogP contribution in [0.15, 0.2) is 6.33 Å². The highest BCUT2D eigenvalue weighted by Crippen LogP contribution is 2.47. The summed E-state index contributed by atoms with van der Waals surface area (Å²) in [4.78, 5) is 20.4. The molecule has 3 rings (SSSR count). The van der Waals surface area contributed by atoms with Gasteiger partial charge in [-0.3, -0.25) is 4.79 Å². The van der Waals surface area contributed by atoms with Crippen LogP contribution in [0.3, 0.4) is 0 Å². The lowest BCUT2D eigenvalue weighted by atomic mass is 10.1. The van der Waals surface area contributed by atoms with E-state index < -0.39 is 0 Å². The van der Waals surface area contributed by atoms with Gasteiger partial charge in [-0.1, -0.05) is 5.92 Å². The molecule has 0 saturated heterocycles. The molecule has 1 saturated carbocycles. The summed E-state index contributed by atoms with van der Waals surface area (Å²) >= 11 is 0. The molecule has 1 aliphatic carbocycles. The van der Waals surface area contributed by atoms with E-state index in [4.69, 9.17) is 5.73 Å². The number of nitrogens with two attached hydrogens (primary N) is 1. The van der Waals surface area contributed by atoms with Gasteiger partial charge in [-0.25, -0.2) is 9.97 Å². The largest absolute Gasteiger partial charge is 0.383 e. The van der Waals surface area contributed by atoms with Crippen molar-refractivity contribution in [2.24, 2.45) is 0 Å². The van der Waals surface area contributed by atoms with Crippen molar-refractivity contribution in [3.8, 4) is 11.8 Å². The van der Waals surface area contributed by atoms with Gasteiger partial charge in [-0.05, 0) is 39.5 Å². The standard InChI is InChI=1S/C15H16N4O/c1-4-5-10-11(9(2)20)12-13(16)17-8-18-14(12)19(10)15(3)6-7-15/h8H,6-7H2,1-3H3,(H2,16,17,18). The van der Waals surface area contributed by atoms with Crippen LogP contribution in [-0.4, -0.2) is 20.3 Å². The van der Waals surface area contributed by atoms with E-state index in [-0.39, 0.29) is 11.3 Å². The fraction of sp³-hybridized carbons (Fsp3) is 0.400. The zero-order valence-corrected chi connectivity index (χ0v) is 11.8. The number of ketones is 1. The summed E-state index contributed by atoms with van der Waals surface area (Å²) in [5, 5.41) is 0.630. The lowest BCUT2D eigenvalue weighted by Crippen LogP contribution is -2.15. The van der Waals surface area contributed by atoms with Crippen molar-refractivity contribution in [1.29, 1.82) is 0 Å². The molecule has 102 valence electrons. The summed E-state index contributed by atoms with van der Waals surface area (Å²) < 4.78 is 2.06. The Labute approximate surface area is 117 Å². The molecule has 5 heteroatoms. The van der Waals surface area contributed by atoms with Gasteiger partial charge in [0.2, 0.25) is 0 Å². The van der Waals surface area contributed by atoms with Crippen LogP contribution in [0.5, 0.6) is 0 Å². The number of Topliss-reactive ketones (excluding diaryl/α,β-unsaturated/α-hetero) is 1. The van der Waals surface area contributed by atoms with E-state index in [1.807, 2.05) is 0 Å². The Morgan fingerprint density at radius 3 is 2.70 bits per heavy atom. The van der Waals surface area contributed by atoms with Gasteiger partial charge >= 0.3 is 0 Å². The number of hydrogen-bond acceptors (Lipinski definition) is 4. The number of carbonyl (C=O) groups is 1. The maximum atomic E-state index is 12.1. The van der Waals surface area contributed by atoms with Crippen LogP contribution >= 0.6 is 0 Å². The van der Waals surface area contributed by atoms with Gasteiger partial charge in [0.1, 0.15) is 23.5 Å². The van der Waals surface area contributed by atoms with Gasteiger partial charge < -0.3 is 10.3 Å². The summed E-state index contributed by atoms with van der Waals surface area (Å²) in [6.45, 7) is 5.44. The Morgan fingerprint density at radius 1 is 1.45 bits per heavy atom. The molecule has 0 unspecified atom stereocenters. The maximum absolute atomic E-state index is 12.1. The van der Waals surface area contributed by atoms with Crippen LogP contribution < -0.4 is 5.73 Å². The van der Waals surface area contributed by atoms with Crippen LogP contribution in [-0.2, 0) is 5.54 Å². The minimum Gasteiger partial charge on any atom is -0.383 e.